The van der Waals surface area contributed by atoms with Crippen LogP contribution in [0.3, 0.4) is 0 Å². The molecule has 0 spiro atoms. The van der Waals surface area contributed by atoms with Crippen molar-refractivity contribution in [2.24, 2.45) is 5.92 Å². The summed E-state index contributed by atoms with van der Waals surface area (Å²) < 4.78 is 0. The summed E-state index contributed by atoms with van der Waals surface area (Å²) in [6.07, 6.45) is 7.85. The molecule has 2 rings (SSSR count). The van der Waals surface area contributed by atoms with E-state index in [9.17, 15) is 0 Å². The van der Waals surface area contributed by atoms with E-state index in [2.05, 4.69) is 23.8 Å². The minimum atomic E-state index is 0.588. The lowest BCUT2D eigenvalue weighted by atomic mass is 10.0. The third-order valence-corrected chi connectivity index (χ3v) is 4.97. The Balaban J connectivity index is 1.93. The number of thioether (sulfide) groups is 1. The Hall–Kier alpha value is -0.280. The molecule has 4 heteroatoms. The molecule has 1 fully saturated rings. The lowest BCUT2D eigenvalue weighted by Crippen LogP contribution is -2.09. The van der Waals surface area contributed by atoms with Gasteiger partial charge in [-0.05, 0) is 31.2 Å². The Labute approximate surface area is 125 Å². The Bertz CT molecular complexity index is 403. The number of halogens is 1. The van der Waals surface area contributed by atoms with Crippen molar-refractivity contribution in [2.75, 3.05) is 0 Å². The van der Waals surface area contributed by atoms with E-state index >= 15 is 0 Å². The van der Waals surface area contributed by atoms with E-state index in [1.54, 1.807) is 0 Å². The zero-order valence-corrected chi connectivity index (χ0v) is 13.4. The van der Waals surface area contributed by atoms with E-state index < -0.39 is 0 Å². The fourth-order valence-corrected chi connectivity index (χ4v) is 3.93. The average molecular weight is 299 g/mol. The van der Waals surface area contributed by atoms with Crippen molar-refractivity contribution in [1.29, 1.82) is 0 Å². The Morgan fingerprint density at radius 1 is 1.26 bits per heavy atom. The Morgan fingerprint density at radius 3 is 2.68 bits per heavy atom. The molecule has 1 aromatic rings. The van der Waals surface area contributed by atoms with Crippen molar-refractivity contribution in [1.82, 2.24) is 9.97 Å². The predicted molar refractivity (Wildman–Crippen MR) is 83.8 cm³/mol. The molecule has 2 nitrogen and oxygen atoms in total. The topological polar surface area (TPSA) is 25.8 Å². The third-order valence-electron chi connectivity index (χ3n) is 3.41. The number of rotatable bonds is 5. The molecule has 0 radical (unpaired) electrons. The highest BCUT2D eigenvalue weighted by Gasteiger charge is 2.15. The largest absolute Gasteiger partial charge is 0.237 e. The van der Waals surface area contributed by atoms with Gasteiger partial charge in [-0.15, -0.1) is 0 Å². The molecule has 0 aromatic carbocycles. The summed E-state index contributed by atoms with van der Waals surface area (Å²) in [6, 6.07) is 1.90. The molecule has 1 saturated carbocycles. The monoisotopic (exact) mass is 298 g/mol. The van der Waals surface area contributed by atoms with Gasteiger partial charge in [0.15, 0.2) is 0 Å². The van der Waals surface area contributed by atoms with Crippen LogP contribution in [-0.2, 0) is 12.2 Å². The normalized spacial score (nSPS) is 17.1. The van der Waals surface area contributed by atoms with Crippen LogP contribution in [0, 0.1) is 5.92 Å². The van der Waals surface area contributed by atoms with Crippen LogP contribution in [-0.4, -0.2) is 15.2 Å². The standard InChI is InChI=1S/C15H23ClN2S/c1-11(2)8-12-9-14(16)18-15(17-12)10-19-13-6-4-3-5-7-13/h9,11,13H,3-8,10H2,1-2H3. The van der Waals surface area contributed by atoms with Gasteiger partial charge in [-0.1, -0.05) is 44.7 Å². The zero-order chi connectivity index (χ0) is 13.7. The molecule has 106 valence electrons. The van der Waals surface area contributed by atoms with Gasteiger partial charge in [0, 0.05) is 10.9 Å². The summed E-state index contributed by atoms with van der Waals surface area (Å²) >= 11 is 8.10. The average Bonchev–Trinajstić information content (AvgIpc) is 2.36. The van der Waals surface area contributed by atoms with Crippen molar-refractivity contribution < 1.29 is 0 Å². The molecule has 1 aliphatic carbocycles. The number of aromatic nitrogens is 2. The highest BCUT2D eigenvalue weighted by molar-refractivity contribution is 7.99. The Kier molecular flexibility index (Phi) is 5.96. The lowest BCUT2D eigenvalue weighted by Gasteiger charge is -2.20. The minimum Gasteiger partial charge on any atom is -0.237 e. The molecule has 0 saturated heterocycles. The molecule has 1 heterocycles. The maximum atomic E-state index is 6.09. The molecule has 0 atom stereocenters. The molecule has 0 amide bonds. The van der Waals surface area contributed by atoms with Crippen LogP contribution < -0.4 is 0 Å². The third kappa shape index (κ3) is 5.31. The minimum absolute atomic E-state index is 0.588. The van der Waals surface area contributed by atoms with Gasteiger partial charge in [0.1, 0.15) is 11.0 Å². The first-order valence-electron chi connectivity index (χ1n) is 7.27. The second-order valence-electron chi connectivity index (χ2n) is 5.77. The molecule has 0 bridgehead atoms. The molecule has 19 heavy (non-hydrogen) atoms. The van der Waals surface area contributed by atoms with E-state index in [4.69, 9.17) is 11.6 Å². The van der Waals surface area contributed by atoms with Crippen LogP contribution in [0.5, 0.6) is 0 Å². The maximum Gasteiger partial charge on any atom is 0.140 e. The molecular weight excluding hydrogens is 276 g/mol. The van der Waals surface area contributed by atoms with E-state index in [-0.39, 0.29) is 0 Å². The smallest absolute Gasteiger partial charge is 0.140 e. The summed E-state index contributed by atoms with van der Waals surface area (Å²) in [7, 11) is 0. The first kappa shape index (κ1) is 15.1. The SMILES string of the molecule is CC(C)Cc1cc(Cl)nc(CSC2CCCCC2)n1. The van der Waals surface area contributed by atoms with Gasteiger partial charge in [-0.25, -0.2) is 9.97 Å². The summed E-state index contributed by atoms with van der Waals surface area (Å²) in [6.45, 7) is 4.40. The van der Waals surface area contributed by atoms with Gasteiger partial charge in [0.05, 0.1) is 5.75 Å². The number of hydrogen-bond acceptors (Lipinski definition) is 3. The van der Waals surface area contributed by atoms with Crippen molar-refractivity contribution in [2.45, 2.75) is 63.4 Å². The summed E-state index contributed by atoms with van der Waals surface area (Å²) in [4.78, 5) is 9.00. The Morgan fingerprint density at radius 2 is 2.00 bits per heavy atom. The van der Waals surface area contributed by atoms with Crippen LogP contribution in [0.4, 0.5) is 0 Å². The van der Waals surface area contributed by atoms with Crippen LogP contribution >= 0.6 is 23.4 Å². The van der Waals surface area contributed by atoms with Gasteiger partial charge in [-0.2, -0.15) is 11.8 Å². The highest BCUT2D eigenvalue weighted by atomic mass is 35.5. The van der Waals surface area contributed by atoms with Crippen molar-refractivity contribution in [3.63, 3.8) is 0 Å². The van der Waals surface area contributed by atoms with Crippen molar-refractivity contribution in [3.05, 3.63) is 22.7 Å². The van der Waals surface area contributed by atoms with Crippen molar-refractivity contribution in [3.8, 4) is 0 Å². The van der Waals surface area contributed by atoms with Crippen molar-refractivity contribution >= 4 is 23.4 Å². The van der Waals surface area contributed by atoms with Crippen LogP contribution in [0.2, 0.25) is 5.15 Å². The molecule has 1 aliphatic rings. The second kappa shape index (κ2) is 7.49. The second-order valence-corrected chi connectivity index (χ2v) is 7.44. The number of hydrogen-bond donors (Lipinski definition) is 0. The first-order valence-corrected chi connectivity index (χ1v) is 8.70. The summed E-state index contributed by atoms with van der Waals surface area (Å²) in [5.41, 5.74) is 1.08. The fraction of sp³-hybridized carbons (Fsp3) is 0.733. The highest BCUT2D eigenvalue weighted by Crippen LogP contribution is 2.30. The maximum absolute atomic E-state index is 6.09. The summed E-state index contributed by atoms with van der Waals surface area (Å²) in [5.74, 6) is 2.40. The summed E-state index contributed by atoms with van der Waals surface area (Å²) in [5, 5.41) is 1.38. The quantitative estimate of drug-likeness (QED) is 0.724. The molecule has 1 aromatic heterocycles. The predicted octanol–water partition coefficient (Wildman–Crippen LogP) is 4.89. The van der Waals surface area contributed by atoms with E-state index in [0.29, 0.717) is 11.1 Å². The first-order chi connectivity index (χ1) is 9.13. The molecule has 0 unspecified atom stereocenters. The molecule has 0 aliphatic heterocycles. The van der Waals surface area contributed by atoms with Gasteiger partial charge in [-0.3, -0.25) is 0 Å². The lowest BCUT2D eigenvalue weighted by molar-refractivity contribution is 0.516. The van der Waals surface area contributed by atoms with E-state index in [0.717, 1.165) is 28.9 Å². The fourth-order valence-electron chi connectivity index (χ4n) is 2.53. The van der Waals surface area contributed by atoms with Gasteiger partial charge in [0.25, 0.3) is 0 Å². The van der Waals surface area contributed by atoms with Gasteiger partial charge in [0.2, 0.25) is 0 Å². The van der Waals surface area contributed by atoms with Crippen LogP contribution in [0.1, 0.15) is 57.5 Å². The van der Waals surface area contributed by atoms with Gasteiger partial charge < -0.3 is 0 Å². The van der Waals surface area contributed by atoms with Crippen LogP contribution in [0.15, 0.2) is 6.07 Å². The van der Waals surface area contributed by atoms with E-state index in [1.807, 2.05) is 17.8 Å². The zero-order valence-electron chi connectivity index (χ0n) is 11.9. The molecular formula is C15H23ClN2S. The van der Waals surface area contributed by atoms with Crippen LogP contribution in [0.25, 0.3) is 0 Å². The van der Waals surface area contributed by atoms with E-state index in [1.165, 1.54) is 32.1 Å². The van der Waals surface area contributed by atoms with Gasteiger partial charge >= 0.3 is 0 Å². The number of nitrogens with zero attached hydrogens (tertiary/aromatic N) is 2. The molecule has 0 N–H and O–H groups in total.